The van der Waals surface area contributed by atoms with Gasteiger partial charge in [0.05, 0.1) is 10.4 Å². The third-order valence-electron chi connectivity index (χ3n) is 2.14. The van der Waals surface area contributed by atoms with E-state index in [1.165, 1.54) is 11.3 Å². The van der Waals surface area contributed by atoms with Crippen molar-refractivity contribution in [2.45, 2.75) is 30.0 Å². The Morgan fingerprint density at radius 2 is 2.24 bits per heavy atom. The van der Waals surface area contributed by atoms with Crippen LogP contribution in [0.3, 0.4) is 0 Å². The number of thiophene rings is 1. The molecule has 0 fully saturated rings. The normalized spacial score (nSPS) is 13.8. The van der Waals surface area contributed by atoms with Gasteiger partial charge in [0.15, 0.2) is 0 Å². The van der Waals surface area contributed by atoms with Gasteiger partial charge in [0.2, 0.25) is 10.0 Å². The van der Waals surface area contributed by atoms with Crippen LogP contribution >= 0.6 is 27.3 Å². The van der Waals surface area contributed by atoms with E-state index in [4.69, 9.17) is 4.74 Å². The Morgan fingerprint density at radius 1 is 1.53 bits per heavy atom. The second kappa shape index (κ2) is 6.84. The topological polar surface area (TPSA) is 55.4 Å². The Bertz CT molecular complexity index is 438. The molecule has 1 unspecified atom stereocenters. The Balaban J connectivity index is 2.77. The summed E-state index contributed by atoms with van der Waals surface area (Å²) in [5.74, 6) is 0. The van der Waals surface area contributed by atoms with Crippen molar-refractivity contribution in [3.05, 3.63) is 15.9 Å². The van der Waals surface area contributed by atoms with Crippen LogP contribution in [0, 0.1) is 0 Å². The van der Waals surface area contributed by atoms with Crippen molar-refractivity contribution >= 4 is 37.3 Å². The van der Waals surface area contributed by atoms with Gasteiger partial charge in [0.1, 0.15) is 4.21 Å². The van der Waals surface area contributed by atoms with E-state index in [0.717, 1.165) is 16.6 Å². The molecule has 1 aromatic rings. The maximum Gasteiger partial charge on any atom is 0.250 e. The van der Waals surface area contributed by atoms with E-state index in [2.05, 4.69) is 20.7 Å². The standard InChI is InChI=1S/C10H16BrNO3S2/c1-3-4-8(7-15-2)12-17(13,14)10-6-5-9(11)16-10/h5-6,8,12H,3-4,7H2,1-2H3. The lowest BCUT2D eigenvalue weighted by Gasteiger charge is -2.16. The second-order valence-electron chi connectivity index (χ2n) is 3.62. The van der Waals surface area contributed by atoms with Crippen LogP contribution < -0.4 is 4.72 Å². The smallest absolute Gasteiger partial charge is 0.250 e. The first-order valence-electron chi connectivity index (χ1n) is 5.26. The molecule has 0 aliphatic carbocycles. The summed E-state index contributed by atoms with van der Waals surface area (Å²) in [6.07, 6.45) is 1.67. The number of halogens is 1. The van der Waals surface area contributed by atoms with Crippen molar-refractivity contribution in [3.63, 3.8) is 0 Å². The minimum absolute atomic E-state index is 0.170. The Kier molecular flexibility index (Phi) is 6.08. The molecule has 0 bridgehead atoms. The molecule has 17 heavy (non-hydrogen) atoms. The van der Waals surface area contributed by atoms with Gasteiger partial charge < -0.3 is 4.74 Å². The van der Waals surface area contributed by atoms with E-state index in [0.29, 0.717) is 10.8 Å². The number of rotatable bonds is 7. The zero-order valence-electron chi connectivity index (χ0n) is 9.77. The van der Waals surface area contributed by atoms with Gasteiger partial charge in [-0.1, -0.05) is 13.3 Å². The Morgan fingerprint density at radius 3 is 2.71 bits per heavy atom. The molecule has 1 atom stereocenters. The summed E-state index contributed by atoms with van der Waals surface area (Å²) in [7, 11) is -1.86. The van der Waals surface area contributed by atoms with E-state index in [9.17, 15) is 8.42 Å². The van der Waals surface area contributed by atoms with Gasteiger partial charge in [-0.05, 0) is 34.5 Å². The third kappa shape index (κ3) is 4.67. The molecule has 0 aromatic carbocycles. The molecule has 0 spiro atoms. The number of methoxy groups -OCH3 is 1. The first kappa shape index (κ1) is 15.1. The summed E-state index contributed by atoms with van der Waals surface area (Å²) in [4.78, 5) is 0. The fourth-order valence-electron chi connectivity index (χ4n) is 1.45. The summed E-state index contributed by atoms with van der Waals surface area (Å²) in [5.41, 5.74) is 0. The van der Waals surface area contributed by atoms with Gasteiger partial charge in [0.25, 0.3) is 0 Å². The first-order chi connectivity index (χ1) is 7.99. The fourth-order valence-corrected chi connectivity index (χ4v) is 4.73. The fraction of sp³-hybridized carbons (Fsp3) is 0.600. The van der Waals surface area contributed by atoms with Gasteiger partial charge >= 0.3 is 0 Å². The van der Waals surface area contributed by atoms with Gasteiger partial charge in [-0.2, -0.15) is 0 Å². The third-order valence-corrected chi connectivity index (χ3v) is 5.78. The first-order valence-corrected chi connectivity index (χ1v) is 8.35. The highest BCUT2D eigenvalue weighted by molar-refractivity contribution is 9.11. The highest BCUT2D eigenvalue weighted by Crippen LogP contribution is 2.26. The molecule has 0 saturated heterocycles. The van der Waals surface area contributed by atoms with Gasteiger partial charge in [0, 0.05) is 13.2 Å². The van der Waals surface area contributed by atoms with Gasteiger partial charge in [-0.25, -0.2) is 13.1 Å². The minimum atomic E-state index is -3.42. The molecule has 1 heterocycles. The average molecular weight is 342 g/mol. The highest BCUT2D eigenvalue weighted by Gasteiger charge is 2.21. The second-order valence-corrected chi connectivity index (χ2v) is 8.02. The summed E-state index contributed by atoms with van der Waals surface area (Å²) in [6.45, 7) is 2.40. The van der Waals surface area contributed by atoms with Crippen LogP contribution in [-0.4, -0.2) is 28.2 Å². The van der Waals surface area contributed by atoms with Gasteiger partial charge in [-0.3, -0.25) is 0 Å². The number of sulfonamides is 1. The molecular weight excluding hydrogens is 326 g/mol. The molecule has 1 N–H and O–H groups in total. The van der Waals surface area contributed by atoms with Gasteiger partial charge in [-0.15, -0.1) is 11.3 Å². The van der Waals surface area contributed by atoms with Crippen LogP contribution in [0.25, 0.3) is 0 Å². The SMILES string of the molecule is CCCC(COC)NS(=O)(=O)c1ccc(Br)s1. The minimum Gasteiger partial charge on any atom is -0.383 e. The van der Waals surface area contributed by atoms with Crippen LogP contribution in [-0.2, 0) is 14.8 Å². The summed E-state index contributed by atoms with van der Waals surface area (Å²) in [5, 5.41) is 0. The molecule has 98 valence electrons. The molecule has 0 aliphatic rings. The number of hydrogen-bond donors (Lipinski definition) is 1. The number of ether oxygens (including phenoxy) is 1. The molecule has 0 radical (unpaired) electrons. The average Bonchev–Trinajstić information content (AvgIpc) is 2.66. The molecule has 1 aromatic heterocycles. The quantitative estimate of drug-likeness (QED) is 0.829. The zero-order valence-corrected chi connectivity index (χ0v) is 13.0. The van der Waals surface area contributed by atoms with Crippen LogP contribution in [0.2, 0.25) is 0 Å². The van der Waals surface area contributed by atoms with Crippen molar-refractivity contribution in [2.24, 2.45) is 0 Å². The number of hydrogen-bond acceptors (Lipinski definition) is 4. The molecule has 4 nitrogen and oxygen atoms in total. The van der Waals surface area contributed by atoms with E-state index in [1.54, 1.807) is 19.2 Å². The molecule has 1 rings (SSSR count). The molecular formula is C10H16BrNO3S2. The predicted molar refractivity (Wildman–Crippen MR) is 72.9 cm³/mol. The van der Waals surface area contributed by atoms with Crippen molar-refractivity contribution in [3.8, 4) is 0 Å². The zero-order chi connectivity index (χ0) is 12.9. The molecule has 7 heteroatoms. The van der Waals surface area contributed by atoms with E-state index >= 15 is 0 Å². The van der Waals surface area contributed by atoms with E-state index in [1.807, 2.05) is 6.92 Å². The largest absolute Gasteiger partial charge is 0.383 e. The van der Waals surface area contributed by atoms with Crippen molar-refractivity contribution in [2.75, 3.05) is 13.7 Å². The predicted octanol–water partition coefficient (Wildman–Crippen LogP) is 2.60. The van der Waals surface area contributed by atoms with E-state index in [-0.39, 0.29) is 6.04 Å². The van der Waals surface area contributed by atoms with Crippen molar-refractivity contribution < 1.29 is 13.2 Å². The lowest BCUT2D eigenvalue weighted by molar-refractivity contribution is 0.171. The Hall–Kier alpha value is 0.0500. The van der Waals surface area contributed by atoms with Crippen LogP contribution in [0.15, 0.2) is 20.1 Å². The molecule has 0 amide bonds. The highest BCUT2D eigenvalue weighted by atomic mass is 79.9. The number of nitrogens with one attached hydrogen (secondary N) is 1. The molecule has 0 saturated carbocycles. The van der Waals surface area contributed by atoms with Crippen molar-refractivity contribution in [1.29, 1.82) is 0 Å². The summed E-state index contributed by atoms with van der Waals surface area (Å²) in [6, 6.07) is 3.15. The van der Waals surface area contributed by atoms with Crippen LogP contribution in [0.4, 0.5) is 0 Å². The van der Waals surface area contributed by atoms with Crippen molar-refractivity contribution in [1.82, 2.24) is 4.72 Å². The van der Waals surface area contributed by atoms with Crippen LogP contribution in [0.5, 0.6) is 0 Å². The maximum absolute atomic E-state index is 12.0. The lowest BCUT2D eigenvalue weighted by atomic mass is 10.2. The Labute approximate surface area is 115 Å². The maximum atomic E-state index is 12.0. The van der Waals surface area contributed by atoms with E-state index < -0.39 is 10.0 Å². The summed E-state index contributed by atoms with van der Waals surface area (Å²) < 4.78 is 32.9. The monoisotopic (exact) mass is 341 g/mol. The molecule has 0 aliphatic heterocycles. The van der Waals surface area contributed by atoms with Crippen LogP contribution in [0.1, 0.15) is 19.8 Å². The lowest BCUT2D eigenvalue weighted by Crippen LogP contribution is -2.37. The summed E-state index contributed by atoms with van der Waals surface area (Å²) >= 11 is 4.45.